The number of aliphatic hydroxyl groups is 1. The molecule has 1 aromatic rings. The molecule has 0 aliphatic rings. The summed E-state index contributed by atoms with van der Waals surface area (Å²) >= 11 is 0. The first-order valence-corrected chi connectivity index (χ1v) is 7.14. The zero-order valence-electron chi connectivity index (χ0n) is 13.5. The minimum absolute atomic E-state index is 0.0210. The second-order valence-electron chi connectivity index (χ2n) is 5.20. The normalized spacial score (nSPS) is 12.8. The van der Waals surface area contributed by atoms with Crippen LogP contribution in [0.15, 0.2) is 11.6 Å². The lowest BCUT2D eigenvalue weighted by Gasteiger charge is -2.08. The van der Waals surface area contributed by atoms with E-state index < -0.39 is 12.0 Å². The lowest BCUT2D eigenvalue weighted by Crippen LogP contribution is -2.31. The maximum absolute atomic E-state index is 11.9. The fourth-order valence-corrected chi connectivity index (χ4v) is 2.14. The Labute approximate surface area is 131 Å². The molecule has 6 heteroatoms. The number of methoxy groups -OCH3 is 1. The molecule has 0 radical (unpaired) electrons. The molecule has 1 amide bonds. The van der Waals surface area contributed by atoms with Gasteiger partial charge in [0.1, 0.15) is 11.6 Å². The standard InChI is InChI=1S/C16H23N3O3/c1-11-7-14(13(3)19(11)5-6-22-4)8-15(9-17)16(21)18-10-12(2)20/h7-8,12,20H,5-6,10H2,1-4H3,(H,18,21)/b15-8-. The molecule has 1 heterocycles. The van der Waals surface area contributed by atoms with Crippen LogP contribution in [0, 0.1) is 25.2 Å². The third-order valence-corrected chi connectivity index (χ3v) is 3.35. The number of nitriles is 1. The fourth-order valence-electron chi connectivity index (χ4n) is 2.14. The maximum Gasteiger partial charge on any atom is 0.262 e. The number of nitrogens with one attached hydrogen (secondary N) is 1. The number of aliphatic hydroxyl groups excluding tert-OH is 1. The molecular weight excluding hydrogens is 282 g/mol. The minimum Gasteiger partial charge on any atom is -0.392 e. The fraction of sp³-hybridized carbons (Fsp3) is 0.500. The predicted octanol–water partition coefficient (Wildman–Crippen LogP) is 1.16. The first-order valence-electron chi connectivity index (χ1n) is 7.14. The van der Waals surface area contributed by atoms with Crippen LogP contribution in [0.25, 0.3) is 6.08 Å². The van der Waals surface area contributed by atoms with Crippen LogP contribution in [0.5, 0.6) is 0 Å². The van der Waals surface area contributed by atoms with Gasteiger partial charge in [-0.1, -0.05) is 0 Å². The summed E-state index contributed by atoms with van der Waals surface area (Å²) in [6.07, 6.45) is 0.922. The van der Waals surface area contributed by atoms with Crippen molar-refractivity contribution in [3.8, 4) is 6.07 Å². The summed E-state index contributed by atoms with van der Waals surface area (Å²) in [5, 5.41) is 20.9. The molecule has 0 saturated carbocycles. The van der Waals surface area contributed by atoms with Gasteiger partial charge in [0.15, 0.2) is 0 Å². The molecule has 0 bridgehead atoms. The molecule has 1 unspecified atom stereocenters. The Hall–Kier alpha value is -2.10. The van der Waals surface area contributed by atoms with E-state index in [1.807, 2.05) is 26.0 Å². The van der Waals surface area contributed by atoms with Crippen molar-refractivity contribution < 1.29 is 14.6 Å². The van der Waals surface area contributed by atoms with Crippen molar-refractivity contribution in [1.82, 2.24) is 9.88 Å². The highest BCUT2D eigenvalue weighted by Gasteiger charge is 2.13. The Bertz CT molecular complexity index is 595. The second kappa shape index (κ2) is 8.37. The molecular formula is C16H23N3O3. The van der Waals surface area contributed by atoms with E-state index in [0.717, 1.165) is 23.5 Å². The van der Waals surface area contributed by atoms with Gasteiger partial charge >= 0.3 is 0 Å². The maximum atomic E-state index is 11.9. The Balaban J connectivity index is 2.99. The van der Waals surface area contributed by atoms with E-state index in [1.165, 1.54) is 0 Å². The highest BCUT2D eigenvalue weighted by Crippen LogP contribution is 2.18. The molecule has 0 spiro atoms. The van der Waals surface area contributed by atoms with Crippen molar-refractivity contribution in [3.63, 3.8) is 0 Å². The van der Waals surface area contributed by atoms with Crippen LogP contribution in [-0.2, 0) is 16.1 Å². The molecule has 2 N–H and O–H groups in total. The number of aromatic nitrogens is 1. The molecule has 0 fully saturated rings. The van der Waals surface area contributed by atoms with E-state index in [1.54, 1.807) is 20.1 Å². The lowest BCUT2D eigenvalue weighted by atomic mass is 10.1. The van der Waals surface area contributed by atoms with Crippen LogP contribution in [0.3, 0.4) is 0 Å². The van der Waals surface area contributed by atoms with Crippen LogP contribution in [0.2, 0.25) is 0 Å². The monoisotopic (exact) mass is 305 g/mol. The predicted molar refractivity (Wildman–Crippen MR) is 84.1 cm³/mol. The van der Waals surface area contributed by atoms with E-state index in [-0.39, 0.29) is 12.1 Å². The van der Waals surface area contributed by atoms with E-state index in [2.05, 4.69) is 9.88 Å². The number of carbonyl (C=O) groups is 1. The number of hydrogen-bond acceptors (Lipinski definition) is 4. The summed E-state index contributed by atoms with van der Waals surface area (Å²) in [5.74, 6) is -0.481. The SMILES string of the molecule is COCCn1c(C)cc(/C=C(/C#N)C(=O)NCC(C)O)c1C. The molecule has 120 valence electrons. The summed E-state index contributed by atoms with van der Waals surface area (Å²) in [4.78, 5) is 11.9. The number of ether oxygens (including phenoxy) is 1. The number of hydrogen-bond donors (Lipinski definition) is 2. The number of amides is 1. The summed E-state index contributed by atoms with van der Waals surface area (Å²) in [5.41, 5.74) is 2.87. The van der Waals surface area contributed by atoms with Crippen molar-refractivity contribution in [2.24, 2.45) is 0 Å². The molecule has 1 rings (SSSR count). The van der Waals surface area contributed by atoms with Gasteiger partial charge in [-0.15, -0.1) is 0 Å². The molecule has 0 aromatic carbocycles. The van der Waals surface area contributed by atoms with Crippen molar-refractivity contribution in [3.05, 3.63) is 28.6 Å². The van der Waals surface area contributed by atoms with Gasteiger partial charge in [0.25, 0.3) is 5.91 Å². The second-order valence-corrected chi connectivity index (χ2v) is 5.20. The van der Waals surface area contributed by atoms with Gasteiger partial charge in [0, 0.05) is 31.6 Å². The van der Waals surface area contributed by atoms with Crippen molar-refractivity contribution >= 4 is 12.0 Å². The molecule has 0 aliphatic heterocycles. The topological polar surface area (TPSA) is 87.3 Å². The largest absolute Gasteiger partial charge is 0.392 e. The zero-order valence-corrected chi connectivity index (χ0v) is 13.5. The third kappa shape index (κ3) is 4.72. The highest BCUT2D eigenvalue weighted by molar-refractivity contribution is 6.01. The van der Waals surface area contributed by atoms with Gasteiger partial charge in [-0.25, -0.2) is 0 Å². The van der Waals surface area contributed by atoms with Gasteiger partial charge < -0.3 is 19.7 Å². The Morgan fingerprint density at radius 3 is 2.82 bits per heavy atom. The Kier molecular flexibility index (Phi) is 6.83. The minimum atomic E-state index is -0.650. The summed E-state index contributed by atoms with van der Waals surface area (Å²) in [7, 11) is 1.65. The quantitative estimate of drug-likeness (QED) is 0.584. The van der Waals surface area contributed by atoms with Crippen LogP contribution in [-0.4, -0.2) is 41.9 Å². The van der Waals surface area contributed by atoms with E-state index in [0.29, 0.717) is 6.61 Å². The average Bonchev–Trinajstić information content (AvgIpc) is 2.74. The lowest BCUT2D eigenvalue weighted by molar-refractivity contribution is -0.117. The smallest absolute Gasteiger partial charge is 0.262 e. The number of rotatable bonds is 7. The van der Waals surface area contributed by atoms with Crippen LogP contribution >= 0.6 is 0 Å². The Morgan fingerprint density at radius 2 is 2.27 bits per heavy atom. The van der Waals surface area contributed by atoms with E-state index in [9.17, 15) is 9.90 Å². The van der Waals surface area contributed by atoms with Gasteiger partial charge in [0.2, 0.25) is 0 Å². The summed E-state index contributed by atoms with van der Waals surface area (Å²) in [6, 6.07) is 3.84. The number of nitrogens with zero attached hydrogens (tertiary/aromatic N) is 2. The molecule has 0 saturated heterocycles. The van der Waals surface area contributed by atoms with Crippen LogP contribution < -0.4 is 5.32 Å². The zero-order chi connectivity index (χ0) is 16.7. The average molecular weight is 305 g/mol. The van der Waals surface area contributed by atoms with Gasteiger partial charge in [0.05, 0.1) is 12.7 Å². The summed E-state index contributed by atoms with van der Waals surface area (Å²) < 4.78 is 7.16. The van der Waals surface area contributed by atoms with Crippen LogP contribution in [0.4, 0.5) is 0 Å². The van der Waals surface area contributed by atoms with Crippen LogP contribution in [0.1, 0.15) is 23.9 Å². The third-order valence-electron chi connectivity index (χ3n) is 3.35. The Morgan fingerprint density at radius 1 is 1.59 bits per heavy atom. The highest BCUT2D eigenvalue weighted by atomic mass is 16.5. The number of carbonyl (C=O) groups excluding carboxylic acids is 1. The van der Waals surface area contributed by atoms with E-state index >= 15 is 0 Å². The first-order chi connectivity index (χ1) is 10.4. The number of aryl methyl sites for hydroxylation is 1. The first kappa shape index (κ1) is 18.0. The van der Waals surface area contributed by atoms with Gasteiger partial charge in [-0.2, -0.15) is 5.26 Å². The van der Waals surface area contributed by atoms with E-state index in [4.69, 9.17) is 10.00 Å². The molecule has 0 aliphatic carbocycles. The van der Waals surface area contributed by atoms with Crippen molar-refractivity contribution in [2.75, 3.05) is 20.3 Å². The van der Waals surface area contributed by atoms with Gasteiger partial charge in [-0.05, 0) is 38.5 Å². The molecule has 1 aromatic heterocycles. The molecule has 22 heavy (non-hydrogen) atoms. The van der Waals surface area contributed by atoms with Crippen molar-refractivity contribution in [2.45, 2.75) is 33.4 Å². The molecule has 1 atom stereocenters. The summed E-state index contributed by atoms with van der Waals surface area (Å²) in [6.45, 7) is 6.92. The van der Waals surface area contributed by atoms with Gasteiger partial charge in [-0.3, -0.25) is 4.79 Å². The molecule has 6 nitrogen and oxygen atoms in total. The van der Waals surface area contributed by atoms with Crippen molar-refractivity contribution in [1.29, 1.82) is 5.26 Å².